The van der Waals surface area contributed by atoms with E-state index in [9.17, 15) is 0 Å². The van der Waals surface area contributed by atoms with Gasteiger partial charge in [-0.05, 0) is 369 Å². The molecule has 2 heteroatoms. The van der Waals surface area contributed by atoms with Crippen LogP contribution in [0.15, 0.2) is 582 Å². The Bertz CT molecular complexity index is 8900. The van der Waals surface area contributed by atoms with Crippen LogP contribution in [-0.4, -0.2) is 9.13 Å². The highest BCUT2D eigenvalue weighted by atomic mass is 15.0. The summed E-state index contributed by atoms with van der Waals surface area (Å²) in [6.07, 6.45) is 0. The number of hydrogen-bond donors (Lipinski definition) is 0. The molecular weight excluding hydrogens is 1760 g/mol. The van der Waals surface area contributed by atoms with Crippen LogP contribution in [-0.2, 0) is 0 Å². The molecule has 0 N–H and O–H groups in total. The van der Waals surface area contributed by atoms with Gasteiger partial charge in [-0.2, -0.15) is 0 Å². The van der Waals surface area contributed by atoms with Crippen molar-refractivity contribution in [2.24, 2.45) is 0 Å². The highest BCUT2D eigenvalue weighted by molar-refractivity contribution is 6.13. The van der Waals surface area contributed by atoms with E-state index in [1.165, 1.54) is 144 Å². The number of para-hydroxylation sites is 2. The lowest BCUT2D eigenvalue weighted by Gasteiger charge is -2.14. The van der Waals surface area contributed by atoms with Gasteiger partial charge in [-0.25, -0.2) is 0 Å². The molecule has 0 atom stereocenters. The van der Waals surface area contributed by atoms with Crippen molar-refractivity contribution in [1.29, 1.82) is 0 Å². The minimum Gasteiger partial charge on any atom is -0.309 e. The van der Waals surface area contributed by atoms with E-state index >= 15 is 0 Å². The molecule has 146 heavy (non-hydrogen) atoms. The van der Waals surface area contributed by atoms with Gasteiger partial charge in [-0.3, -0.25) is 0 Å². The molecule has 0 radical (unpaired) electrons. The van der Waals surface area contributed by atoms with Crippen molar-refractivity contribution in [2.75, 3.05) is 0 Å². The van der Waals surface area contributed by atoms with Crippen molar-refractivity contribution >= 4 is 43.6 Å². The quantitative estimate of drug-likeness (QED) is 0.0679. The first kappa shape index (κ1) is 87.2. The van der Waals surface area contributed by atoms with Crippen molar-refractivity contribution in [1.82, 2.24) is 9.13 Å². The Hall–Kier alpha value is -19.1. The second kappa shape index (κ2) is 38.1. The molecule has 0 aliphatic heterocycles. The lowest BCUT2D eigenvalue weighted by molar-refractivity contribution is 1.18. The lowest BCUT2D eigenvalue weighted by Crippen LogP contribution is -1.95. The molecule has 2 aromatic heterocycles. The van der Waals surface area contributed by atoms with E-state index in [1.807, 2.05) is 0 Å². The molecule has 0 spiro atoms. The number of rotatable bonds is 21. The molecule has 0 saturated carbocycles. The molecule has 2 heterocycles. The maximum absolute atomic E-state index is 2.45. The molecular formula is C144H96N2. The molecule has 0 bridgehead atoms. The van der Waals surface area contributed by atoms with Crippen molar-refractivity contribution < 1.29 is 0 Å². The molecule has 26 aromatic rings. The van der Waals surface area contributed by atoms with Crippen molar-refractivity contribution in [2.45, 2.75) is 0 Å². The zero-order chi connectivity index (χ0) is 96.7. The Morgan fingerprint density at radius 1 is 0.0753 bits per heavy atom. The van der Waals surface area contributed by atoms with Crippen LogP contribution in [0.2, 0.25) is 0 Å². The summed E-state index contributed by atoms with van der Waals surface area (Å²) < 4.78 is 4.89. The number of aromatic nitrogens is 2. The van der Waals surface area contributed by atoms with E-state index < -0.39 is 0 Å². The van der Waals surface area contributed by atoms with Gasteiger partial charge in [0.05, 0.1) is 22.1 Å². The van der Waals surface area contributed by atoms with Gasteiger partial charge >= 0.3 is 0 Å². The summed E-state index contributed by atoms with van der Waals surface area (Å²) in [7, 11) is 0. The normalized spacial score (nSPS) is 11.4. The predicted octanol–water partition coefficient (Wildman–Crippen LogP) is 39.6. The smallest absolute Gasteiger partial charge is 0.0541 e. The number of fused-ring (bicyclic) bond motifs is 6. The number of hydrogen-bond acceptors (Lipinski definition) is 0. The van der Waals surface area contributed by atoms with Crippen LogP contribution in [0.25, 0.3) is 266 Å². The Morgan fingerprint density at radius 3 is 0.445 bits per heavy atom. The average Bonchev–Trinajstić information content (AvgIpc) is 1.58. The fourth-order valence-electron chi connectivity index (χ4n) is 21.8. The van der Waals surface area contributed by atoms with Crippen molar-refractivity contribution in [3.05, 3.63) is 582 Å². The first-order valence-corrected chi connectivity index (χ1v) is 50.3. The summed E-state index contributed by atoms with van der Waals surface area (Å²) in [5.74, 6) is 0. The van der Waals surface area contributed by atoms with Crippen LogP contribution in [0.1, 0.15) is 0 Å². The van der Waals surface area contributed by atoms with E-state index in [0.717, 1.165) is 122 Å². The van der Waals surface area contributed by atoms with Gasteiger partial charge in [0, 0.05) is 32.9 Å². The number of benzene rings is 24. The van der Waals surface area contributed by atoms with Gasteiger partial charge in [0.15, 0.2) is 0 Å². The van der Waals surface area contributed by atoms with Crippen LogP contribution >= 0.6 is 0 Å². The summed E-state index contributed by atoms with van der Waals surface area (Å²) >= 11 is 0. The Labute approximate surface area is 851 Å². The number of nitrogens with zero attached hydrogens (tertiary/aromatic N) is 2. The molecule has 0 unspecified atom stereocenters. The third-order valence-corrected chi connectivity index (χ3v) is 29.2. The zero-order valence-electron chi connectivity index (χ0n) is 80.3. The maximum Gasteiger partial charge on any atom is 0.0541 e. The van der Waals surface area contributed by atoms with Crippen LogP contribution in [0.5, 0.6) is 0 Å². The average molecular weight is 1850 g/mol. The van der Waals surface area contributed by atoms with Gasteiger partial charge in [-0.1, -0.05) is 425 Å². The van der Waals surface area contributed by atoms with E-state index in [2.05, 4.69) is 592 Å². The van der Waals surface area contributed by atoms with E-state index in [1.54, 1.807) is 0 Å². The van der Waals surface area contributed by atoms with Crippen LogP contribution in [0, 0.1) is 0 Å². The molecule has 0 amide bonds. The van der Waals surface area contributed by atoms with Gasteiger partial charge < -0.3 is 9.13 Å². The minimum absolute atomic E-state index is 1.11. The van der Waals surface area contributed by atoms with Crippen LogP contribution in [0.3, 0.4) is 0 Å². The summed E-state index contributed by atoms with van der Waals surface area (Å²) in [5.41, 5.74) is 51.5. The second-order valence-corrected chi connectivity index (χ2v) is 38.3. The molecule has 0 saturated heterocycles. The van der Waals surface area contributed by atoms with Crippen LogP contribution < -0.4 is 0 Å². The zero-order valence-corrected chi connectivity index (χ0v) is 80.3. The third kappa shape index (κ3) is 17.3. The topological polar surface area (TPSA) is 9.86 Å². The third-order valence-electron chi connectivity index (χ3n) is 29.2. The van der Waals surface area contributed by atoms with E-state index in [4.69, 9.17) is 0 Å². The minimum atomic E-state index is 1.11. The van der Waals surface area contributed by atoms with Gasteiger partial charge in [-0.15, -0.1) is 0 Å². The van der Waals surface area contributed by atoms with Gasteiger partial charge in [0.2, 0.25) is 0 Å². The summed E-state index contributed by atoms with van der Waals surface area (Å²) in [6, 6.07) is 215. The van der Waals surface area contributed by atoms with E-state index in [0.29, 0.717) is 0 Å². The highest BCUT2D eigenvalue weighted by Crippen LogP contribution is 2.46. The first-order chi connectivity index (χ1) is 72.3. The molecule has 0 aliphatic rings. The second-order valence-electron chi connectivity index (χ2n) is 38.3. The molecule has 0 fully saturated rings. The fourth-order valence-corrected chi connectivity index (χ4v) is 21.8. The molecule has 0 aliphatic carbocycles. The largest absolute Gasteiger partial charge is 0.309 e. The highest BCUT2D eigenvalue weighted by Gasteiger charge is 2.22. The summed E-state index contributed by atoms with van der Waals surface area (Å²) in [5, 5.41) is 4.83. The molecule has 682 valence electrons. The first-order valence-electron chi connectivity index (χ1n) is 50.3. The fraction of sp³-hybridized carbons (Fsp3) is 0. The summed E-state index contributed by atoms with van der Waals surface area (Å²) in [6.45, 7) is 0. The van der Waals surface area contributed by atoms with Crippen LogP contribution in [0.4, 0.5) is 0 Å². The molecule has 2 nitrogen and oxygen atoms in total. The molecule has 26 rings (SSSR count). The predicted molar refractivity (Wildman–Crippen MR) is 618 cm³/mol. The Balaban J connectivity index is 0.457. The summed E-state index contributed by atoms with van der Waals surface area (Å²) in [4.78, 5) is 0. The van der Waals surface area contributed by atoms with Crippen molar-refractivity contribution in [3.8, 4) is 223 Å². The van der Waals surface area contributed by atoms with E-state index in [-0.39, 0.29) is 0 Å². The molecule has 24 aromatic carbocycles. The standard InChI is InChI=1S/C144H96N2/c1-5-29-97(30-6-1)105-37-17-43-111(77-105)113-45-19-39-107(79-113)101-65-69-103(70-66-101)109-41-21-53-121(81-109)131-87-129(99-33-9-3-10-34-99)89-133(91-131)123-55-25-49-117(85-123)115-47-23-51-119(83-115)125-57-27-59-135(93-125)145-141-63-15-13-61-137(141)139-95-127(73-75-143(139)145)128-74-76-144-140(96-128)138-62-14-16-64-142(138)146(144)136-60-28-58-126(94-136)120-52-24-48-116(84-120)118-50-26-56-124(86-118)134-90-130(100-35-11-4-12-36-100)88-132(92-134)122-54-22-42-110(82-122)104-71-67-102(68-72-104)108-40-20-46-114(80-108)112-44-18-38-106(78-112)98-31-7-2-8-32-98/h1-96H. The van der Waals surface area contributed by atoms with Gasteiger partial charge in [0.1, 0.15) is 0 Å². The Morgan fingerprint density at radius 2 is 0.212 bits per heavy atom. The monoisotopic (exact) mass is 1850 g/mol. The van der Waals surface area contributed by atoms with Gasteiger partial charge in [0.25, 0.3) is 0 Å². The maximum atomic E-state index is 2.45. The van der Waals surface area contributed by atoms with Crippen molar-refractivity contribution in [3.63, 3.8) is 0 Å². The lowest BCUT2D eigenvalue weighted by atomic mass is 9.91. The SMILES string of the molecule is c1ccc(-c2cccc(-c3cccc(-c4ccc(-c5cccc(-c6cc(-c7ccccc7)cc(-c7cccc(-c8cccc(-c9cccc(-n%10c%11ccccc%11c%11cc(-c%12ccc%13c(c%12)c%12ccccc%12n%13-c%12cccc(-c%13cccc(-c%14cccc(-c%15cc(-c%16ccccc%16)cc(-c%16cccc(-c%17ccc(-c%18cccc(-c%19cccc(-c%20ccccc%20)c%19)c%18)cc%17)c%16)c%15)c%14)c%13)c%12)ccc%11%10)c9)c8)c7)c6)c5)cc4)c3)c2)cc1. The Kier molecular flexibility index (Phi) is 22.8.